The van der Waals surface area contributed by atoms with Gasteiger partial charge in [0.1, 0.15) is 17.1 Å². The molecule has 1 N–H and O–H groups in total. The van der Waals surface area contributed by atoms with E-state index in [9.17, 15) is 9.59 Å². The zero-order valence-electron chi connectivity index (χ0n) is 10.8. The van der Waals surface area contributed by atoms with E-state index >= 15 is 0 Å². The van der Waals surface area contributed by atoms with Crippen molar-refractivity contribution in [2.24, 2.45) is 0 Å². The molecular weight excluding hydrogens is 252 g/mol. The summed E-state index contributed by atoms with van der Waals surface area (Å²) < 4.78 is 14.8. The van der Waals surface area contributed by atoms with Crippen LogP contribution in [0, 0.1) is 0 Å². The summed E-state index contributed by atoms with van der Waals surface area (Å²) >= 11 is 0. The molecule has 0 spiro atoms. The lowest BCUT2D eigenvalue weighted by Crippen LogP contribution is -2.07. The van der Waals surface area contributed by atoms with E-state index in [0.29, 0.717) is 12.2 Å². The first-order valence-electron chi connectivity index (χ1n) is 5.69. The van der Waals surface area contributed by atoms with Gasteiger partial charge in [-0.2, -0.15) is 0 Å². The van der Waals surface area contributed by atoms with Gasteiger partial charge >= 0.3 is 11.9 Å². The number of hydrogen-bond acceptors (Lipinski definition) is 5. The van der Waals surface area contributed by atoms with Gasteiger partial charge in [0.05, 0.1) is 20.8 Å². The third kappa shape index (κ3) is 4.50. The number of methoxy groups -OCH3 is 2. The molecule has 0 bridgehead atoms. The van der Waals surface area contributed by atoms with Crippen molar-refractivity contribution in [1.82, 2.24) is 0 Å². The predicted octanol–water partition coefficient (Wildman–Crippen LogP) is 1.73. The van der Waals surface area contributed by atoms with Crippen molar-refractivity contribution in [3.63, 3.8) is 0 Å². The van der Waals surface area contributed by atoms with Crippen molar-refractivity contribution < 1.29 is 28.9 Å². The number of carbonyl (C=O) groups excluding carboxylic acids is 1. The molecule has 6 nitrogen and oxygen atoms in total. The average Bonchev–Trinajstić information content (AvgIpc) is 2.43. The molecule has 0 aliphatic heterocycles. The number of aromatic carboxylic acids is 1. The molecule has 19 heavy (non-hydrogen) atoms. The summed E-state index contributed by atoms with van der Waals surface area (Å²) in [4.78, 5) is 22.0. The zero-order valence-corrected chi connectivity index (χ0v) is 10.8. The molecule has 0 heterocycles. The Kier molecular flexibility index (Phi) is 5.66. The van der Waals surface area contributed by atoms with Gasteiger partial charge in [0.15, 0.2) is 0 Å². The monoisotopic (exact) mass is 268 g/mol. The van der Waals surface area contributed by atoms with Crippen LogP contribution in [0.1, 0.15) is 23.2 Å². The normalized spacial score (nSPS) is 9.79. The van der Waals surface area contributed by atoms with Crippen molar-refractivity contribution in [3.05, 3.63) is 23.8 Å². The van der Waals surface area contributed by atoms with Gasteiger partial charge in [-0.15, -0.1) is 0 Å². The van der Waals surface area contributed by atoms with Gasteiger partial charge in [-0.1, -0.05) is 0 Å². The van der Waals surface area contributed by atoms with Crippen LogP contribution in [0.5, 0.6) is 11.5 Å². The molecule has 0 unspecified atom stereocenters. The van der Waals surface area contributed by atoms with Gasteiger partial charge in [0.25, 0.3) is 0 Å². The molecule has 0 aromatic heterocycles. The number of carbonyl (C=O) groups is 2. The quantitative estimate of drug-likeness (QED) is 0.599. The van der Waals surface area contributed by atoms with E-state index in [1.165, 1.54) is 26.4 Å². The van der Waals surface area contributed by atoms with Crippen LogP contribution in [0.25, 0.3) is 0 Å². The van der Waals surface area contributed by atoms with E-state index < -0.39 is 5.97 Å². The van der Waals surface area contributed by atoms with Crippen LogP contribution in [0.15, 0.2) is 18.2 Å². The second-order valence-electron chi connectivity index (χ2n) is 3.70. The molecule has 1 rings (SSSR count). The van der Waals surface area contributed by atoms with E-state index in [1.807, 2.05) is 0 Å². The molecule has 1 aromatic rings. The lowest BCUT2D eigenvalue weighted by molar-refractivity contribution is -0.140. The fourth-order valence-electron chi connectivity index (χ4n) is 1.43. The first-order valence-corrected chi connectivity index (χ1v) is 5.69. The number of carboxylic acid groups (broad SMARTS) is 1. The Hall–Kier alpha value is -2.24. The molecule has 0 fully saturated rings. The van der Waals surface area contributed by atoms with Gasteiger partial charge < -0.3 is 19.3 Å². The lowest BCUT2D eigenvalue weighted by Gasteiger charge is -2.10. The Morgan fingerprint density at radius 2 is 2.00 bits per heavy atom. The SMILES string of the molecule is COC(=O)CCCOc1ccc(OC)cc1C(=O)O. The standard InChI is InChI=1S/C13H16O6/c1-17-9-5-6-11(10(8-9)13(15)16)19-7-3-4-12(14)18-2/h5-6,8H,3-4,7H2,1-2H3,(H,15,16). The summed E-state index contributed by atoms with van der Waals surface area (Å²) in [6.07, 6.45) is 0.687. The smallest absolute Gasteiger partial charge is 0.339 e. The van der Waals surface area contributed by atoms with E-state index in [4.69, 9.17) is 14.6 Å². The summed E-state index contributed by atoms with van der Waals surface area (Å²) in [5.41, 5.74) is 0.0254. The number of hydrogen-bond donors (Lipinski definition) is 1. The number of benzene rings is 1. The van der Waals surface area contributed by atoms with Gasteiger partial charge in [0.2, 0.25) is 0 Å². The highest BCUT2D eigenvalue weighted by molar-refractivity contribution is 5.91. The molecule has 104 valence electrons. The number of carboxylic acids is 1. The fraction of sp³-hybridized carbons (Fsp3) is 0.385. The van der Waals surface area contributed by atoms with Crippen molar-refractivity contribution in [2.75, 3.05) is 20.8 Å². The van der Waals surface area contributed by atoms with E-state index in [1.54, 1.807) is 6.07 Å². The average molecular weight is 268 g/mol. The summed E-state index contributed by atoms with van der Waals surface area (Å²) in [6, 6.07) is 4.53. The largest absolute Gasteiger partial charge is 0.497 e. The summed E-state index contributed by atoms with van der Waals surface area (Å²) in [7, 11) is 2.77. The highest BCUT2D eigenvalue weighted by Gasteiger charge is 2.13. The van der Waals surface area contributed by atoms with Crippen LogP contribution < -0.4 is 9.47 Å². The topological polar surface area (TPSA) is 82.1 Å². The molecule has 1 aromatic carbocycles. The fourth-order valence-corrected chi connectivity index (χ4v) is 1.43. The third-order valence-corrected chi connectivity index (χ3v) is 2.43. The third-order valence-electron chi connectivity index (χ3n) is 2.43. The summed E-state index contributed by atoms with van der Waals surface area (Å²) in [5.74, 6) is -0.726. The first-order chi connectivity index (χ1) is 9.08. The predicted molar refractivity (Wildman–Crippen MR) is 66.7 cm³/mol. The first kappa shape index (κ1) is 14.8. The maximum Gasteiger partial charge on any atom is 0.339 e. The van der Waals surface area contributed by atoms with E-state index in [2.05, 4.69) is 4.74 Å². The molecule has 6 heteroatoms. The Balaban J connectivity index is 2.62. The van der Waals surface area contributed by atoms with Gasteiger partial charge in [-0.25, -0.2) is 4.79 Å². The van der Waals surface area contributed by atoms with E-state index in [-0.39, 0.29) is 30.3 Å². The van der Waals surface area contributed by atoms with Crippen molar-refractivity contribution in [2.45, 2.75) is 12.8 Å². The molecular formula is C13H16O6. The van der Waals surface area contributed by atoms with Crippen LogP contribution in [-0.4, -0.2) is 37.9 Å². The molecule has 0 amide bonds. The minimum Gasteiger partial charge on any atom is -0.497 e. The number of ether oxygens (including phenoxy) is 3. The highest BCUT2D eigenvalue weighted by atomic mass is 16.5. The van der Waals surface area contributed by atoms with Gasteiger partial charge in [-0.05, 0) is 24.6 Å². The number of rotatable bonds is 7. The minimum absolute atomic E-state index is 0.0254. The Labute approximate surface area is 110 Å². The Morgan fingerprint density at radius 3 is 2.58 bits per heavy atom. The lowest BCUT2D eigenvalue weighted by atomic mass is 10.2. The zero-order chi connectivity index (χ0) is 14.3. The molecule has 0 radical (unpaired) electrons. The maximum atomic E-state index is 11.1. The van der Waals surface area contributed by atoms with E-state index in [0.717, 1.165) is 0 Å². The van der Waals surface area contributed by atoms with Crippen molar-refractivity contribution >= 4 is 11.9 Å². The molecule has 0 saturated heterocycles. The van der Waals surface area contributed by atoms with Gasteiger partial charge in [-0.3, -0.25) is 4.79 Å². The van der Waals surface area contributed by atoms with Crippen LogP contribution in [0.4, 0.5) is 0 Å². The van der Waals surface area contributed by atoms with Crippen LogP contribution in [0.2, 0.25) is 0 Å². The van der Waals surface area contributed by atoms with Crippen molar-refractivity contribution in [1.29, 1.82) is 0 Å². The molecule has 0 aliphatic carbocycles. The van der Waals surface area contributed by atoms with Crippen LogP contribution in [0.3, 0.4) is 0 Å². The maximum absolute atomic E-state index is 11.1. The summed E-state index contributed by atoms with van der Waals surface area (Å²) in [6.45, 7) is 0.238. The second-order valence-corrected chi connectivity index (χ2v) is 3.70. The van der Waals surface area contributed by atoms with Crippen LogP contribution in [-0.2, 0) is 9.53 Å². The Morgan fingerprint density at radius 1 is 1.26 bits per heavy atom. The second kappa shape index (κ2) is 7.25. The molecule has 0 saturated carbocycles. The van der Waals surface area contributed by atoms with Gasteiger partial charge in [0, 0.05) is 6.42 Å². The highest BCUT2D eigenvalue weighted by Crippen LogP contribution is 2.24. The molecule has 0 atom stereocenters. The van der Waals surface area contributed by atoms with Crippen LogP contribution >= 0.6 is 0 Å². The number of esters is 1. The molecule has 0 aliphatic rings. The minimum atomic E-state index is -1.10. The Bertz CT molecular complexity index is 454. The summed E-state index contributed by atoms with van der Waals surface area (Å²) in [5, 5.41) is 9.06. The van der Waals surface area contributed by atoms with Crippen molar-refractivity contribution in [3.8, 4) is 11.5 Å².